The summed E-state index contributed by atoms with van der Waals surface area (Å²) in [4.78, 5) is 4.62. The number of nitrogens with one attached hydrogen (secondary N) is 1. The number of hydrogen-bond acceptors (Lipinski definition) is 3. The lowest BCUT2D eigenvalue weighted by atomic mass is 10.2. The number of hydrogen-bond donors (Lipinski definition) is 1. The van der Waals surface area contributed by atoms with Crippen LogP contribution in [0.25, 0.3) is 10.9 Å². The quantitative estimate of drug-likeness (QED) is 0.854. The topological polar surface area (TPSA) is 28.2 Å². The largest absolute Gasteiger partial charge is 0.303 e. The van der Waals surface area contributed by atoms with Gasteiger partial charge in [-0.25, -0.2) is 9.99 Å². The van der Waals surface area contributed by atoms with Crippen LogP contribution >= 0.6 is 0 Å². The monoisotopic (exact) mass is 227 g/mol. The third-order valence-electron chi connectivity index (χ3n) is 3.23. The molecule has 17 heavy (non-hydrogen) atoms. The third-order valence-corrected chi connectivity index (χ3v) is 3.23. The molecule has 2 aromatic rings. The second kappa shape index (κ2) is 4.72. The van der Waals surface area contributed by atoms with Gasteiger partial charge in [0.1, 0.15) is 5.82 Å². The van der Waals surface area contributed by atoms with Crippen molar-refractivity contribution >= 4 is 16.7 Å². The first-order valence-corrected chi connectivity index (χ1v) is 6.29. The Morgan fingerprint density at radius 1 is 0.941 bits per heavy atom. The zero-order valence-electron chi connectivity index (χ0n) is 9.89. The fourth-order valence-electron chi connectivity index (χ4n) is 2.30. The number of rotatable bonds is 2. The molecule has 0 radical (unpaired) electrons. The SMILES string of the molecule is c1ccc2nc(NN3CCCCC3)ccc2c1. The van der Waals surface area contributed by atoms with Crippen molar-refractivity contribution in [3.8, 4) is 0 Å². The summed E-state index contributed by atoms with van der Waals surface area (Å²) in [5, 5.41) is 3.46. The van der Waals surface area contributed by atoms with Crippen LogP contribution in [0, 0.1) is 0 Å². The summed E-state index contributed by atoms with van der Waals surface area (Å²) in [7, 11) is 0. The number of para-hydroxylation sites is 1. The van der Waals surface area contributed by atoms with Crippen molar-refractivity contribution < 1.29 is 0 Å². The zero-order valence-corrected chi connectivity index (χ0v) is 9.89. The Kier molecular flexibility index (Phi) is 2.92. The van der Waals surface area contributed by atoms with Crippen LogP contribution in [0.3, 0.4) is 0 Å². The number of hydrazine groups is 1. The molecule has 1 N–H and O–H groups in total. The van der Waals surface area contributed by atoms with Crippen molar-refractivity contribution in [2.75, 3.05) is 18.5 Å². The average Bonchev–Trinajstić information content (AvgIpc) is 2.40. The Labute approximate surface area is 101 Å². The molecule has 0 aliphatic carbocycles. The Bertz CT molecular complexity index is 504. The summed E-state index contributed by atoms with van der Waals surface area (Å²) in [5.41, 5.74) is 4.45. The van der Waals surface area contributed by atoms with E-state index in [-0.39, 0.29) is 0 Å². The Morgan fingerprint density at radius 2 is 1.76 bits per heavy atom. The van der Waals surface area contributed by atoms with Crippen molar-refractivity contribution in [2.24, 2.45) is 0 Å². The maximum absolute atomic E-state index is 4.62. The van der Waals surface area contributed by atoms with E-state index in [1.807, 2.05) is 12.1 Å². The Hall–Kier alpha value is -1.61. The maximum atomic E-state index is 4.62. The van der Waals surface area contributed by atoms with Gasteiger partial charge in [0.25, 0.3) is 0 Å². The van der Waals surface area contributed by atoms with E-state index < -0.39 is 0 Å². The highest BCUT2D eigenvalue weighted by Crippen LogP contribution is 2.16. The third kappa shape index (κ3) is 2.39. The minimum absolute atomic E-state index is 0.950. The molecule has 1 aromatic carbocycles. The second-order valence-electron chi connectivity index (χ2n) is 4.55. The fourth-order valence-corrected chi connectivity index (χ4v) is 2.30. The lowest BCUT2D eigenvalue weighted by Crippen LogP contribution is -2.35. The molecule has 0 atom stereocenters. The van der Waals surface area contributed by atoms with Gasteiger partial charge in [0, 0.05) is 18.5 Å². The van der Waals surface area contributed by atoms with Crippen LogP contribution in [0.2, 0.25) is 0 Å². The van der Waals surface area contributed by atoms with Gasteiger partial charge in [-0.05, 0) is 31.0 Å². The van der Waals surface area contributed by atoms with Gasteiger partial charge in [0.05, 0.1) is 5.52 Å². The first-order valence-electron chi connectivity index (χ1n) is 6.29. The van der Waals surface area contributed by atoms with Gasteiger partial charge in [0.2, 0.25) is 0 Å². The number of fused-ring (bicyclic) bond motifs is 1. The minimum atomic E-state index is 0.950. The number of nitrogens with zero attached hydrogens (tertiary/aromatic N) is 2. The lowest BCUT2D eigenvalue weighted by molar-refractivity contribution is 0.272. The molecule has 1 aliphatic heterocycles. The highest BCUT2D eigenvalue weighted by Gasteiger charge is 2.10. The molecule has 3 nitrogen and oxygen atoms in total. The van der Waals surface area contributed by atoms with Crippen molar-refractivity contribution in [2.45, 2.75) is 19.3 Å². The summed E-state index contributed by atoms with van der Waals surface area (Å²) < 4.78 is 0. The Morgan fingerprint density at radius 3 is 2.65 bits per heavy atom. The minimum Gasteiger partial charge on any atom is -0.303 e. The summed E-state index contributed by atoms with van der Waals surface area (Å²) in [6, 6.07) is 12.4. The average molecular weight is 227 g/mol. The smallest absolute Gasteiger partial charge is 0.141 e. The molecule has 1 saturated heterocycles. The zero-order chi connectivity index (χ0) is 11.5. The van der Waals surface area contributed by atoms with Gasteiger partial charge in [-0.3, -0.25) is 0 Å². The molecule has 1 fully saturated rings. The predicted molar refractivity (Wildman–Crippen MR) is 70.8 cm³/mol. The molecule has 0 bridgehead atoms. The van der Waals surface area contributed by atoms with E-state index in [0.717, 1.165) is 24.4 Å². The van der Waals surface area contributed by atoms with Crippen LogP contribution in [0.15, 0.2) is 36.4 Å². The predicted octanol–water partition coefficient (Wildman–Crippen LogP) is 3.05. The van der Waals surface area contributed by atoms with Crippen LogP contribution in [0.4, 0.5) is 5.82 Å². The maximum Gasteiger partial charge on any atom is 0.141 e. The summed E-state index contributed by atoms with van der Waals surface area (Å²) in [6.45, 7) is 2.24. The molecular weight excluding hydrogens is 210 g/mol. The van der Waals surface area contributed by atoms with E-state index in [4.69, 9.17) is 0 Å². The number of piperidine rings is 1. The molecule has 0 amide bonds. The van der Waals surface area contributed by atoms with E-state index in [1.165, 1.54) is 24.6 Å². The van der Waals surface area contributed by atoms with Gasteiger partial charge in [-0.15, -0.1) is 0 Å². The summed E-state index contributed by atoms with van der Waals surface area (Å²) in [5.74, 6) is 0.950. The molecule has 0 saturated carbocycles. The van der Waals surface area contributed by atoms with Crippen LogP contribution in [-0.4, -0.2) is 23.1 Å². The molecular formula is C14H17N3. The standard InChI is InChI=1S/C14H17N3/c1-4-10-17(11-5-1)16-14-9-8-12-6-2-3-7-13(12)15-14/h2-3,6-9H,1,4-5,10-11H2,(H,15,16). The fraction of sp³-hybridized carbons (Fsp3) is 0.357. The van der Waals surface area contributed by atoms with Crippen molar-refractivity contribution in [1.29, 1.82) is 0 Å². The molecule has 3 rings (SSSR count). The van der Waals surface area contributed by atoms with Crippen molar-refractivity contribution in [1.82, 2.24) is 9.99 Å². The lowest BCUT2D eigenvalue weighted by Gasteiger charge is -2.27. The number of benzene rings is 1. The van der Waals surface area contributed by atoms with Gasteiger partial charge in [-0.1, -0.05) is 24.6 Å². The number of anilines is 1. The molecule has 0 unspecified atom stereocenters. The van der Waals surface area contributed by atoms with Crippen LogP contribution < -0.4 is 5.43 Å². The van der Waals surface area contributed by atoms with Crippen molar-refractivity contribution in [3.05, 3.63) is 36.4 Å². The number of aromatic nitrogens is 1. The molecule has 1 aliphatic rings. The normalized spacial score (nSPS) is 17.2. The van der Waals surface area contributed by atoms with Gasteiger partial charge in [0.15, 0.2) is 0 Å². The Balaban J connectivity index is 1.80. The van der Waals surface area contributed by atoms with Crippen LogP contribution in [0.5, 0.6) is 0 Å². The first-order chi connectivity index (χ1) is 8.42. The van der Waals surface area contributed by atoms with Gasteiger partial charge < -0.3 is 5.43 Å². The molecule has 2 heterocycles. The highest BCUT2D eigenvalue weighted by molar-refractivity contribution is 5.79. The van der Waals surface area contributed by atoms with E-state index >= 15 is 0 Å². The molecule has 88 valence electrons. The summed E-state index contributed by atoms with van der Waals surface area (Å²) in [6.07, 6.45) is 3.91. The second-order valence-corrected chi connectivity index (χ2v) is 4.55. The van der Waals surface area contributed by atoms with Gasteiger partial charge in [-0.2, -0.15) is 0 Å². The van der Waals surface area contributed by atoms with Crippen LogP contribution in [0.1, 0.15) is 19.3 Å². The molecule has 3 heteroatoms. The van der Waals surface area contributed by atoms with E-state index in [9.17, 15) is 0 Å². The van der Waals surface area contributed by atoms with Crippen molar-refractivity contribution in [3.63, 3.8) is 0 Å². The molecule has 1 aromatic heterocycles. The first kappa shape index (κ1) is 10.5. The van der Waals surface area contributed by atoms with Crippen LogP contribution in [-0.2, 0) is 0 Å². The molecule has 0 spiro atoms. The van der Waals surface area contributed by atoms with E-state index in [2.05, 4.69) is 39.7 Å². The van der Waals surface area contributed by atoms with Gasteiger partial charge >= 0.3 is 0 Å². The van der Waals surface area contributed by atoms with E-state index in [1.54, 1.807) is 0 Å². The van der Waals surface area contributed by atoms with E-state index in [0.29, 0.717) is 0 Å². The summed E-state index contributed by atoms with van der Waals surface area (Å²) >= 11 is 0. The highest BCUT2D eigenvalue weighted by atomic mass is 15.5. The number of pyridine rings is 1.